The van der Waals surface area contributed by atoms with E-state index >= 15 is 0 Å². The monoisotopic (exact) mass is 341 g/mol. The van der Waals surface area contributed by atoms with Crippen molar-refractivity contribution in [2.75, 3.05) is 13.1 Å². The summed E-state index contributed by atoms with van der Waals surface area (Å²) in [7, 11) is 0. The Morgan fingerprint density at radius 3 is 2.74 bits per heavy atom. The highest BCUT2D eigenvalue weighted by Gasteiger charge is 2.42. The summed E-state index contributed by atoms with van der Waals surface area (Å²) < 4.78 is 0.787. The molecule has 3 rings (SSSR count). The Hall–Kier alpha value is -0.540. The van der Waals surface area contributed by atoms with Crippen molar-refractivity contribution in [1.82, 2.24) is 4.90 Å². The van der Waals surface area contributed by atoms with Crippen LogP contribution in [-0.4, -0.2) is 23.9 Å². The van der Waals surface area contributed by atoms with Crippen molar-refractivity contribution in [3.05, 3.63) is 33.3 Å². The first-order valence-corrected chi connectivity index (χ1v) is 8.02. The third-order valence-electron chi connectivity index (χ3n) is 4.57. The fraction of sp³-hybridized carbons (Fsp3) is 0.533. The lowest BCUT2D eigenvalue weighted by Crippen LogP contribution is -2.31. The maximum absolute atomic E-state index is 12.6. The van der Waals surface area contributed by atoms with Crippen LogP contribution in [0.15, 0.2) is 22.7 Å². The van der Waals surface area contributed by atoms with E-state index in [2.05, 4.69) is 15.9 Å². The molecule has 1 saturated heterocycles. The standard InChI is InChI=1S/C15H17BrClNO/c16-12-5-3-4-11(13(12)17)14(19)18-9-8-15(10-18)6-1-2-7-15/h3-5H,1-2,6-10H2. The Morgan fingerprint density at radius 1 is 1.26 bits per heavy atom. The fourth-order valence-corrected chi connectivity index (χ4v) is 4.05. The molecule has 2 aliphatic rings. The van der Waals surface area contributed by atoms with Gasteiger partial charge in [0.05, 0.1) is 10.6 Å². The van der Waals surface area contributed by atoms with E-state index in [0.717, 1.165) is 24.0 Å². The largest absolute Gasteiger partial charge is 0.338 e. The lowest BCUT2D eigenvalue weighted by Gasteiger charge is -2.23. The van der Waals surface area contributed by atoms with E-state index in [1.807, 2.05) is 23.1 Å². The van der Waals surface area contributed by atoms with E-state index in [4.69, 9.17) is 11.6 Å². The molecule has 1 amide bonds. The zero-order valence-corrected chi connectivity index (χ0v) is 13.1. The summed E-state index contributed by atoms with van der Waals surface area (Å²) in [6.45, 7) is 1.79. The number of benzene rings is 1. The van der Waals surface area contributed by atoms with Gasteiger partial charge in [-0.15, -0.1) is 0 Å². The van der Waals surface area contributed by atoms with Crippen molar-refractivity contribution in [2.24, 2.45) is 5.41 Å². The van der Waals surface area contributed by atoms with E-state index < -0.39 is 0 Å². The molecule has 0 unspecified atom stereocenters. The van der Waals surface area contributed by atoms with Crippen LogP contribution in [0.1, 0.15) is 42.5 Å². The number of hydrogen-bond donors (Lipinski definition) is 0. The summed E-state index contributed by atoms with van der Waals surface area (Å²) in [5.74, 6) is 0.0788. The van der Waals surface area contributed by atoms with Crippen LogP contribution in [-0.2, 0) is 0 Å². The van der Waals surface area contributed by atoms with Crippen LogP contribution < -0.4 is 0 Å². The molecular weight excluding hydrogens is 326 g/mol. The summed E-state index contributed by atoms with van der Waals surface area (Å²) >= 11 is 9.60. The van der Waals surface area contributed by atoms with Crippen molar-refractivity contribution in [3.8, 4) is 0 Å². The maximum Gasteiger partial charge on any atom is 0.255 e. The van der Waals surface area contributed by atoms with E-state index in [1.54, 1.807) is 0 Å². The second kappa shape index (κ2) is 5.10. The summed E-state index contributed by atoms with van der Waals surface area (Å²) in [6.07, 6.45) is 6.36. The molecule has 0 radical (unpaired) electrons. The van der Waals surface area contributed by atoms with Crippen LogP contribution in [0.3, 0.4) is 0 Å². The van der Waals surface area contributed by atoms with Gasteiger partial charge in [-0.1, -0.05) is 30.5 Å². The minimum absolute atomic E-state index is 0.0788. The molecule has 1 saturated carbocycles. The predicted octanol–water partition coefficient (Wildman–Crippen LogP) is 4.51. The smallest absolute Gasteiger partial charge is 0.255 e. The Bertz CT molecular complexity index is 511. The molecule has 1 aliphatic heterocycles. The SMILES string of the molecule is O=C(c1cccc(Br)c1Cl)N1CCC2(CCCC2)C1. The van der Waals surface area contributed by atoms with E-state index in [-0.39, 0.29) is 5.91 Å². The van der Waals surface area contributed by atoms with Gasteiger partial charge in [0.2, 0.25) is 0 Å². The summed E-state index contributed by atoms with van der Waals surface area (Å²) in [6, 6.07) is 5.54. The van der Waals surface area contributed by atoms with E-state index in [0.29, 0.717) is 16.0 Å². The summed E-state index contributed by atoms with van der Waals surface area (Å²) in [4.78, 5) is 14.6. The average molecular weight is 343 g/mol. The highest BCUT2D eigenvalue weighted by molar-refractivity contribution is 9.10. The average Bonchev–Trinajstić information content (AvgIpc) is 3.03. The van der Waals surface area contributed by atoms with Gasteiger partial charge in [-0.05, 0) is 52.7 Å². The molecule has 1 spiro atoms. The zero-order chi connectivity index (χ0) is 13.5. The molecule has 0 bridgehead atoms. The van der Waals surface area contributed by atoms with Crippen LogP contribution >= 0.6 is 27.5 Å². The topological polar surface area (TPSA) is 20.3 Å². The van der Waals surface area contributed by atoms with Gasteiger partial charge < -0.3 is 4.90 Å². The van der Waals surface area contributed by atoms with Crippen LogP contribution in [0, 0.1) is 5.41 Å². The number of carbonyl (C=O) groups is 1. The number of amides is 1. The summed E-state index contributed by atoms with van der Waals surface area (Å²) in [5.41, 5.74) is 1.03. The molecule has 1 aromatic rings. The number of hydrogen-bond acceptors (Lipinski definition) is 1. The highest BCUT2D eigenvalue weighted by atomic mass is 79.9. The first-order valence-electron chi connectivity index (χ1n) is 6.85. The first kappa shape index (κ1) is 13.4. The third kappa shape index (κ3) is 2.43. The molecule has 4 heteroatoms. The van der Waals surface area contributed by atoms with Crippen LogP contribution in [0.25, 0.3) is 0 Å². The maximum atomic E-state index is 12.6. The summed E-state index contributed by atoms with van der Waals surface area (Å²) in [5, 5.41) is 0.528. The molecule has 0 aromatic heterocycles. The number of rotatable bonds is 1. The van der Waals surface area contributed by atoms with Crippen molar-refractivity contribution >= 4 is 33.4 Å². The van der Waals surface area contributed by atoms with Crippen LogP contribution in [0.2, 0.25) is 5.02 Å². The molecule has 2 nitrogen and oxygen atoms in total. The molecule has 2 fully saturated rings. The minimum atomic E-state index is 0.0788. The number of likely N-dealkylation sites (tertiary alicyclic amines) is 1. The molecule has 0 N–H and O–H groups in total. The van der Waals surface area contributed by atoms with Gasteiger partial charge in [-0.3, -0.25) is 4.79 Å². The van der Waals surface area contributed by atoms with Gasteiger partial charge >= 0.3 is 0 Å². The van der Waals surface area contributed by atoms with E-state index in [9.17, 15) is 4.79 Å². The van der Waals surface area contributed by atoms with Crippen molar-refractivity contribution < 1.29 is 4.79 Å². The molecule has 1 heterocycles. The predicted molar refractivity (Wildman–Crippen MR) is 80.6 cm³/mol. The molecule has 0 atom stereocenters. The van der Waals surface area contributed by atoms with Gasteiger partial charge in [-0.25, -0.2) is 0 Å². The number of nitrogens with zero attached hydrogens (tertiary/aromatic N) is 1. The Balaban J connectivity index is 1.80. The second-order valence-corrected chi connectivity index (χ2v) is 7.02. The van der Waals surface area contributed by atoms with Gasteiger partial charge in [-0.2, -0.15) is 0 Å². The van der Waals surface area contributed by atoms with Gasteiger partial charge in [0.15, 0.2) is 0 Å². The third-order valence-corrected chi connectivity index (χ3v) is 5.87. The van der Waals surface area contributed by atoms with Crippen LogP contribution in [0.5, 0.6) is 0 Å². The lowest BCUT2D eigenvalue weighted by atomic mass is 9.86. The lowest BCUT2D eigenvalue weighted by molar-refractivity contribution is 0.0773. The van der Waals surface area contributed by atoms with Crippen molar-refractivity contribution in [1.29, 1.82) is 0 Å². The quantitative estimate of drug-likeness (QED) is 0.735. The zero-order valence-electron chi connectivity index (χ0n) is 10.8. The Labute approximate surface area is 127 Å². The molecule has 102 valence electrons. The van der Waals surface area contributed by atoms with Crippen LogP contribution in [0.4, 0.5) is 0 Å². The normalized spacial score (nSPS) is 21.3. The molecular formula is C15H17BrClNO. The Morgan fingerprint density at radius 2 is 2.00 bits per heavy atom. The Kier molecular flexibility index (Phi) is 3.61. The highest BCUT2D eigenvalue weighted by Crippen LogP contribution is 2.45. The molecule has 19 heavy (non-hydrogen) atoms. The molecule has 1 aliphatic carbocycles. The van der Waals surface area contributed by atoms with Crippen molar-refractivity contribution in [2.45, 2.75) is 32.1 Å². The first-order chi connectivity index (χ1) is 9.11. The van der Waals surface area contributed by atoms with E-state index in [1.165, 1.54) is 25.7 Å². The van der Waals surface area contributed by atoms with Gasteiger partial charge in [0.25, 0.3) is 5.91 Å². The minimum Gasteiger partial charge on any atom is -0.338 e. The fourth-order valence-electron chi connectivity index (χ4n) is 3.48. The van der Waals surface area contributed by atoms with Gasteiger partial charge in [0, 0.05) is 17.6 Å². The molecule has 1 aromatic carbocycles. The number of halogens is 2. The number of carbonyl (C=O) groups excluding carboxylic acids is 1. The second-order valence-electron chi connectivity index (χ2n) is 5.79. The van der Waals surface area contributed by atoms with Crippen molar-refractivity contribution in [3.63, 3.8) is 0 Å². The van der Waals surface area contributed by atoms with Gasteiger partial charge in [0.1, 0.15) is 0 Å².